The molecule has 0 amide bonds. The molecule has 2 heteroatoms. The van der Waals surface area contributed by atoms with Crippen LogP contribution >= 0.6 is 0 Å². The predicted octanol–water partition coefficient (Wildman–Crippen LogP) is 1.40. The minimum absolute atomic E-state index is 0.328. The molecule has 0 bridgehead atoms. The number of aliphatic hydroxyl groups is 1. The smallest absolute Gasteiger partial charge is 0.0824 e. The van der Waals surface area contributed by atoms with Gasteiger partial charge < -0.3 is 5.11 Å². The molecule has 1 nitrogen and oxygen atoms in total. The molecular weight excluding hydrogens is 164 g/mol. The van der Waals surface area contributed by atoms with Crippen LogP contribution in [0.25, 0.3) is 0 Å². The maximum Gasteiger partial charge on any atom is 0.0824 e. The molecule has 0 atom stereocenters. The molecule has 1 radical (unpaired) electrons. The minimum Gasteiger partial charge on any atom is -0.396 e. The lowest BCUT2D eigenvalue weighted by atomic mass is 10.4. The van der Waals surface area contributed by atoms with Gasteiger partial charge in [-0.2, -0.15) is 0 Å². The molecule has 0 heterocycles. The SMILES string of the molecule is C[Si](CCCO)c1ccccc1. The molecule has 0 fully saturated rings. The van der Waals surface area contributed by atoms with Crippen LogP contribution in [0.1, 0.15) is 6.42 Å². The summed E-state index contributed by atoms with van der Waals surface area (Å²) in [4.78, 5) is 0. The van der Waals surface area contributed by atoms with E-state index in [1.807, 2.05) is 6.07 Å². The summed E-state index contributed by atoms with van der Waals surface area (Å²) < 4.78 is 0. The first-order valence-electron chi connectivity index (χ1n) is 4.33. The fraction of sp³-hybridized carbons (Fsp3) is 0.400. The van der Waals surface area contributed by atoms with Crippen molar-refractivity contribution in [1.29, 1.82) is 0 Å². The molecule has 0 saturated heterocycles. The molecule has 0 unspecified atom stereocenters. The topological polar surface area (TPSA) is 20.2 Å². The Kier molecular flexibility index (Phi) is 4.04. The molecule has 1 N–H and O–H groups in total. The van der Waals surface area contributed by atoms with Crippen LogP contribution in [-0.4, -0.2) is 20.5 Å². The summed E-state index contributed by atoms with van der Waals surface area (Å²) in [5, 5.41) is 10.1. The van der Waals surface area contributed by atoms with Gasteiger partial charge in [-0.05, 0) is 6.42 Å². The first kappa shape index (κ1) is 9.48. The Morgan fingerprint density at radius 1 is 1.25 bits per heavy atom. The normalized spacial score (nSPS) is 10.6. The molecule has 1 aromatic carbocycles. The minimum atomic E-state index is -0.390. The standard InChI is InChI=1S/C10H15OSi/c1-12(9-5-8-11)10-6-3-2-4-7-10/h2-4,6-7,11H,5,8-9H2,1H3. The van der Waals surface area contributed by atoms with Crippen LogP contribution in [0.15, 0.2) is 30.3 Å². The maximum absolute atomic E-state index is 8.68. The summed E-state index contributed by atoms with van der Waals surface area (Å²) in [6.45, 7) is 2.63. The number of hydrogen-bond donors (Lipinski definition) is 1. The highest BCUT2D eigenvalue weighted by Gasteiger charge is 2.05. The van der Waals surface area contributed by atoms with E-state index in [1.165, 1.54) is 11.2 Å². The molecule has 1 rings (SSSR count). The zero-order valence-electron chi connectivity index (χ0n) is 7.46. The second-order valence-corrected chi connectivity index (χ2v) is 5.61. The van der Waals surface area contributed by atoms with Gasteiger partial charge in [0, 0.05) is 6.61 Å². The van der Waals surface area contributed by atoms with Crippen molar-refractivity contribution in [1.82, 2.24) is 0 Å². The molecule has 0 aliphatic heterocycles. The highest BCUT2D eigenvalue weighted by molar-refractivity contribution is 6.71. The van der Waals surface area contributed by atoms with E-state index >= 15 is 0 Å². The van der Waals surface area contributed by atoms with Crippen molar-refractivity contribution in [3.8, 4) is 0 Å². The maximum atomic E-state index is 8.68. The van der Waals surface area contributed by atoms with Gasteiger partial charge in [0.15, 0.2) is 0 Å². The predicted molar refractivity (Wildman–Crippen MR) is 54.2 cm³/mol. The van der Waals surface area contributed by atoms with Gasteiger partial charge in [0.25, 0.3) is 0 Å². The van der Waals surface area contributed by atoms with Crippen LogP contribution in [0.4, 0.5) is 0 Å². The molecule has 0 aromatic heterocycles. The van der Waals surface area contributed by atoms with Crippen molar-refractivity contribution in [2.24, 2.45) is 0 Å². The number of benzene rings is 1. The first-order valence-corrected chi connectivity index (χ1v) is 6.54. The summed E-state index contributed by atoms with van der Waals surface area (Å²) in [6.07, 6.45) is 0.944. The largest absolute Gasteiger partial charge is 0.396 e. The van der Waals surface area contributed by atoms with Crippen molar-refractivity contribution >= 4 is 14.0 Å². The van der Waals surface area contributed by atoms with Crippen molar-refractivity contribution in [3.05, 3.63) is 30.3 Å². The lowest BCUT2D eigenvalue weighted by Crippen LogP contribution is -2.25. The molecule has 1 aromatic rings. The molecule has 0 aliphatic carbocycles. The van der Waals surface area contributed by atoms with E-state index < -0.39 is 0 Å². The van der Waals surface area contributed by atoms with Gasteiger partial charge in [-0.15, -0.1) is 0 Å². The molecular formula is C10H15OSi. The van der Waals surface area contributed by atoms with E-state index in [4.69, 9.17) is 5.11 Å². The van der Waals surface area contributed by atoms with Crippen LogP contribution in [-0.2, 0) is 0 Å². The monoisotopic (exact) mass is 179 g/mol. The van der Waals surface area contributed by atoms with E-state index in [1.54, 1.807) is 0 Å². The van der Waals surface area contributed by atoms with Crippen LogP contribution in [0, 0.1) is 0 Å². The van der Waals surface area contributed by atoms with Crippen molar-refractivity contribution in [3.63, 3.8) is 0 Å². The van der Waals surface area contributed by atoms with Crippen LogP contribution in [0.3, 0.4) is 0 Å². The van der Waals surface area contributed by atoms with Gasteiger partial charge in [0.2, 0.25) is 0 Å². The number of aliphatic hydroxyl groups excluding tert-OH is 1. The summed E-state index contributed by atoms with van der Waals surface area (Å²) in [7, 11) is -0.390. The van der Waals surface area contributed by atoms with Gasteiger partial charge in [-0.1, -0.05) is 48.1 Å². The summed E-state index contributed by atoms with van der Waals surface area (Å²) >= 11 is 0. The van der Waals surface area contributed by atoms with Gasteiger partial charge in [-0.3, -0.25) is 0 Å². The van der Waals surface area contributed by atoms with Crippen molar-refractivity contribution < 1.29 is 5.11 Å². The Morgan fingerprint density at radius 2 is 1.92 bits per heavy atom. The Hall–Kier alpha value is -0.603. The van der Waals surface area contributed by atoms with E-state index in [2.05, 4.69) is 30.8 Å². The Morgan fingerprint density at radius 3 is 2.50 bits per heavy atom. The van der Waals surface area contributed by atoms with Crippen LogP contribution in [0.5, 0.6) is 0 Å². The first-order chi connectivity index (χ1) is 5.84. The van der Waals surface area contributed by atoms with Crippen molar-refractivity contribution in [2.75, 3.05) is 6.61 Å². The lowest BCUT2D eigenvalue weighted by molar-refractivity contribution is 0.294. The van der Waals surface area contributed by atoms with Crippen molar-refractivity contribution in [2.45, 2.75) is 19.0 Å². The second kappa shape index (κ2) is 5.12. The molecule has 0 aliphatic rings. The Labute approximate surface area is 75.7 Å². The third-order valence-corrected chi connectivity index (χ3v) is 4.40. The van der Waals surface area contributed by atoms with E-state index in [-0.39, 0.29) is 8.80 Å². The summed E-state index contributed by atoms with van der Waals surface area (Å²) in [5.74, 6) is 0. The highest BCUT2D eigenvalue weighted by Crippen LogP contribution is 1.97. The van der Waals surface area contributed by atoms with Gasteiger partial charge >= 0.3 is 0 Å². The van der Waals surface area contributed by atoms with Crippen LogP contribution < -0.4 is 5.19 Å². The number of rotatable bonds is 4. The average Bonchev–Trinajstić information content (AvgIpc) is 2.15. The lowest BCUT2D eigenvalue weighted by Gasteiger charge is -2.07. The molecule has 65 valence electrons. The molecule has 0 spiro atoms. The summed E-state index contributed by atoms with van der Waals surface area (Å²) in [5.41, 5.74) is 0. The number of hydrogen-bond acceptors (Lipinski definition) is 1. The zero-order valence-corrected chi connectivity index (χ0v) is 8.46. The fourth-order valence-electron chi connectivity index (χ4n) is 1.21. The van der Waals surface area contributed by atoms with E-state index in [0.29, 0.717) is 6.61 Å². The second-order valence-electron chi connectivity index (χ2n) is 2.97. The quantitative estimate of drug-likeness (QED) is 0.693. The Bertz CT molecular complexity index is 210. The zero-order chi connectivity index (χ0) is 8.81. The summed E-state index contributed by atoms with van der Waals surface area (Å²) in [6, 6.07) is 11.8. The van der Waals surface area contributed by atoms with Gasteiger partial charge in [0.05, 0.1) is 8.80 Å². The van der Waals surface area contributed by atoms with Gasteiger partial charge in [0.1, 0.15) is 0 Å². The van der Waals surface area contributed by atoms with Crippen LogP contribution in [0.2, 0.25) is 12.6 Å². The third-order valence-electron chi connectivity index (χ3n) is 1.98. The molecule has 0 saturated carbocycles. The van der Waals surface area contributed by atoms with Gasteiger partial charge in [-0.25, -0.2) is 0 Å². The Balaban J connectivity index is 2.48. The fourth-order valence-corrected chi connectivity index (χ4v) is 2.95. The average molecular weight is 179 g/mol. The van der Waals surface area contributed by atoms with E-state index in [9.17, 15) is 0 Å². The molecule has 12 heavy (non-hydrogen) atoms. The van der Waals surface area contributed by atoms with E-state index in [0.717, 1.165) is 6.42 Å². The third kappa shape index (κ3) is 2.79. The highest BCUT2D eigenvalue weighted by atomic mass is 28.3.